The maximum absolute atomic E-state index is 10.5. The van der Waals surface area contributed by atoms with Gasteiger partial charge in [0.25, 0.3) is 0 Å². The molecule has 4 N–H and O–H groups in total. The van der Waals surface area contributed by atoms with Crippen molar-refractivity contribution in [3.8, 4) is 0 Å². The number of aliphatic carboxylic acids is 1. The van der Waals surface area contributed by atoms with E-state index >= 15 is 0 Å². The van der Waals surface area contributed by atoms with Gasteiger partial charge in [-0.15, -0.1) is 0 Å². The molecule has 0 radical (unpaired) electrons. The fraction of sp³-hybridized carbons (Fsp3) is 0.857. The van der Waals surface area contributed by atoms with Crippen molar-refractivity contribution in [3.05, 3.63) is 0 Å². The first-order chi connectivity index (χ1) is 5.14. The zero-order valence-electron chi connectivity index (χ0n) is 7.27. The Morgan fingerprint density at radius 1 is 1.33 bits per heavy atom. The molecule has 0 saturated heterocycles. The van der Waals surface area contributed by atoms with Gasteiger partial charge in [-0.2, -0.15) is 0 Å². The van der Waals surface area contributed by atoms with E-state index in [1.54, 1.807) is 0 Å². The van der Waals surface area contributed by atoms with Crippen LogP contribution in [0.1, 0.15) is 20.8 Å². The summed E-state index contributed by atoms with van der Waals surface area (Å²) in [7, 11) is 0. The van der Waals surface area contributed by atoms with Gasteiger partial charge in [0.2, 0.25) is 5.60 Å². The maximum atomic E-state index is 10.5. The van der Waals surface area contributed by atoms with Gasteiger partial charge < -0.3 is 20.4 Å². The summed E-state index contributed by atoms with van der Waals surface area (Å²) >= 11 is 0. The Hall–Kier alpha value is -0.650. The van der Waals surface area contributed by atoms with Gasteiger partial charge in [0, 0.05) is 0 Å². The molecule has 0 aliphatic heterocycles. The quantitative estimate of drug-likeness (QED) is 0.442. The summed E-state index contributed by atoms with van der Waals surface area (Å²) in [6.45, 7) is 3.34. The Morgan fingerprint density at radius 2 is 1.67 bits per heavy atom. The van der Waals surface area contributed by atoms with E-state index in [4.69, 9.17) is 10.2 Å². The molecule has 0 rings (SSSR count). The minimum Gasteiger partial charge on any atom is -0.479 e. The lowest BCUT2D eigenvalue weighted by Gasteiger charge is -2.36. The number of aliphatic hydroxyl groups is 3. The second-order valence-electron chi connectivity index (χ2n) is 3.31. The Morgan fingerprint density at radius 3 is 1.67 bits per heavy atom. The molecule has 5 heteroatoms. The van der Waals surface area contributed by atoms with Crippen molar-refractivity contribution in [3.63, 3.8) is 0 Å². The van der Waals surface area contributed by atoms with E-state index in [9.17, 15) is 15.0 Å². The van der Waals surface area contributed by atoms with E-state index in [1.807, 2.05) is 0 Å². The van der Waals surface area contributed by atoms with Crippen LogP contribution in [-0.4, -0.2) is 43.7 Å². The van der Waals surface area contributed by atoms with E-state index in [1.165, 1.54) is 0 Å². The number of hydrogen-bond acceptors (Lipinski definition) is 4. The first-order valence-electron chi connectivity index (χ1n) is 3.50. The molecule has 0 aromatic rings. The van der Waals surface area contributed by atoms with Gasteiger partial charge in [0.1, 0.15) is 5.60 Å². The van der Waals surface area contributed by atoms with Gasteiger partial charge >= 0.3 is 5.97 Å². The molecular weight excluding hydrogens is 164 g/mol. The third-order valence-corrected chi connectivity index (χ3v) is 1.86. The topological polar surface area (TPSA) is 98.0 Å². The Kier molecular flexibility index (Phi) is 2.84. The first kappa shape index (κ1) is 11.4. The van der Waals surface area contributed by atoms with E-state index in [2.05, 4.69) is 0 Å². The molecule has 0 fully saturated rings. The number of carboxylic acid groups (broad SMARTS) is 1. The van der Waals surface area contributed by atoms with Gasteiger partial charge in [-0.25, -0.2) is 4.79 Å². The van der Waals surface area contributed by atoms with E-state index in [0.29, 0.717) is 0 Å². The zero-order chi connectivity index (χ0) is 10.2. The van der Waals surface area contributed by atoms with Crippen LogP contribution in [-0.2, 0) is 4.79 Å². The van der Waals surface area contributed by atoms with Crippen LogP contribution in [0, 0.1) is 0 Å². The molecule has 12 heavy (non-hydrogen) atoms. The van der Waals surface area contributed by atoms with E-state index in [0.717, 1.165) is 20.8 Å². The van der Waals surface area contributed by atoms with Crippen molar-refractivity contribution in [2.45, 2.75) is 38.1 Å². The molecule has 0 spiro atoms. The highest BCUT2D eigenvalue weighted by Crippen LogP contribution is 2.25. The van der Waals surface area contributed by atoms with Crippen LogP contribution in [0.25, 0.3) is 0 Å². The molecule has 2 unspecified atom stereocenters. The summed E-state index contributed by atoms with van der Waals surface area (Å²) in [5.41, 5.74) is -4.43. The molecule has 0 aliphatic rings. The normalized spacial score (nSPS) is 19.8. The van der Waals surface area contributed by atoms with Crippen LogP contribution in [0.15, 0.2) is 0 Å². The second-order valence-corrected chi connectivity index (χ2v) is 3.31. The SMILES string of the molecule is CC(O)C(O)(C(=O)O)C(C)(C)O. The standard InChI is InChI=1S/C7H14O5/c1-4(8)7(12,5(9)10)6(2,3)11/h4,8,11-12H,1-3H3,(H,9,10). The van der Waals surface area contributed by atoms with Gasteiger partial charge in [-0.3, -0.25) is 0 Å². The van der Waals surface area contributed by atoms with Crippen molar-refractivity contribution in [1.82, 2.24) is 0 Å². The minimum absolute atomic E-state index is 1.10. The molecule has 0 aromatic heterocycles. The van der Waals surface area contributed by atoms with Crippen molar-refractivity contribution in [1.29, 1.82) is 0 Å². The van der Waals surface area contributed by atoms with Crippen LogP contribution in [0.5, 0.6) is 0 Å². The Balaban J connectivity index is 5.02. The first-order valence-corrected chi connectivity index (χ1v) is 3.50. The number of carbonyl (C=O) groups is 1. The highest BCUT2D eigenvalue weighted by Gasteiger charge is 2.53. The van der Waals surface area contributed by atoms with Gasteiger partial charge in [-0.05, 0) is 20.8 Å². The van der Waals surface area contributed by atoms with E-state index < -0.39 is 23.3 Å². The largest absolute Gasteiger partial charge is 0.479 e. The number of carboxylic acids is 1. The summed E-state index contributed by atoms with van der Waals surface area (Å²) in [4.78, 5) is 10.5. The summed E-state index contributed by atoms with van der Waals surface area (Å²) in [6.07, 6.45) is -1.55. The van der Waals surface area contributed by atoms with Gasteiger partial charge in [0.15, 0.2) is 0 Å². The molecule has 0 aliphatic carbocycles. The highest BCUT2D eigenvalue weighted by molar-refractivity contribution is 5.79. The number of aliphatic hydroxyl groups excluding tert-OH is 1. The third-order valence-electron chi connectivity index (χ3n) is 1.86. The molecule has 0 bridgehead atoms. The fourth-order valence-corrected chi connectivity index (χ4v) is 0.952. The third kappa shape index (κ3) is 1.57. The van der Waals surface area contributed by atoms with Crippen molar-refractivity contribution in [2.75, 3.05) is 0 Å². The lowest BCUT2D eigenvalue weighted by Crippen LogP contribution is -2.62. The lowest BCUT2D eigenvalue weighted by molar-refractivity contribution is -0.208. The maximum Gasteiger partial charge on any atom is 0.341 e. The second kappa shape index (κ2) is 3.01. The predicted molar refractivity (Wildman–Crippen MR) is 40.6 cm³/mol. The van der Waals surface area contributed by atoms with Crippen LogP contribution < -0.4 is 0 Å². The van der Waals surface area contributed by atoms with E-state index in [-0.39, 0.29) is 0 Å². The van der Waals surface area contributed by atoms with Crippen molar-refractivity contribution < 1.29 is 25.2 Å². The fourth-order valence-electron chi connectivity index (χ4n) is 0.952. The van der Waals surface area contributed by atoms with Crippen LogP contribution >= 0.6 is 0 Å². The van der Waals surface area contributed by atoms with Crippen molar-refractivity contribution in [2.24, 2.45) is 0 Å². The monoisotopic (exact) mass is 178 g/mol. The van der Waals surface area contributed by atoms with Gasteiger partial charge in [-0.1, -0.05) is 0 Å². The molecule has 0 amide bonds. The van der Waals surface area contributed by atoms with Crippen molar-refractivity contribution >= 4 is 5.97 Å². The lowest BCUT2D eigenvalue weighted by atomic mass is 9.82. The van der Waals surface area contributed by atoms with Crippen LogP contribution in [0.4, 0.5) is 0 Å². The molecule has 5 nitrogen and oxygen atoms in total. The number of rotatable bonds is 3. The predicted octanol–water partition coefficient (Wildman–Crippen LogP) is -1.05. The van der Waals surface area contributed by atoms with Gasteiger partial charge in [0.05, 0.1) is 6.10 Å². The summed E-state index contributed by atoms with van der Waals surface area (Å²) in [5, 5.41) is 36.2. The van der Waals surface area contributed by atoms with Crippen LogP contribution in [0.3, 0.4) is 0 Å². The summed E-state index contributed by atoms with van der Waals surface area (Å²) < 4.78 is 0. The molecule has 0 saturated carbocycles. The summed E-state index contributed by atoms with van der Waals surface area (Å²) in [5.74, 6) is -1.65. The number of hydrogen-bond donors (Lipinski definition) is 4. The average molecular weight is 178 g/mol. The molecule has 2 atom stereocenters. The average Bonchev–Trinajstić information content (AvgIpc) is 1.82. The highest BCUT2D eigenvalue weighted by atomic mass is 16.4. The molecule has 0 heterocycles. The Bertz CT molecular complexity index is 181. The van der Waals surface area contributed by atoms with Crippen LogP contribution in [0.2, 0.25) is 0 Å². The Labute approximate surface area is 70.3 Å². The smallest absolute Gasteiger partial charge is 0.341 e. The molecular formula is C7H14O5. The zero-order valence-corrected chi connectivity index (χ0v) is 7.27. The molecule has 72 valence electrons. The minimum atomic E-state index is -2.53. The summed E-state index contributed by atoms with van der Waals surface area (Å²) in [6, 6.07) is 0. The molecule has 0 aromatic carbocycles.